The van der Waals surface area contributed by atoms with Crippen LogP contribution in [0.4, 0.5) is 0 Å². The van der Waals surface area contributed by atoms with E-state index in [0.717, 1.165) is 30.6 Å². The summed E-state index contributed by atoms with van der Waals surface area (Å²) in [6.45, 7) is 6.76. The fourth-order valence-corrected chi connectivity index (χ4v) is 4.73. The lowest BCUT2D eigenvalue weighted by atomic mass is 10.1. The number of amides is 1. The van der Waals surface area contributed by atoms with E-state index in [9.17, 15) is 9.59 Å². The van der Waals surface area contributed by atoms with Gasteiger partial charge in [0.2, 0.25) is 5.91 Å². The zero-order chi connectivity index (χ0) is 19.8. The Labute approximate surface area is 166 Å². The molecule has 2 rings (SSSR count). The van der Waals surface area contributed by atoms with Gasteiger partial charge in [-0.2, -0.15) is 0 Å². The zero-order valence-electron chi connectivity index (χ0n) is 16.8. The van der Waals surface area contributed by atoms with Crippen molar-refractivity contribution in [3.8, 4) is 5.75 Å². The van der Waals surface area contributed by atoms with Crippen LogP contribution in [0, 0.1) is 5.92 Å². The van der Waals surface area contributed by atoms with Gasteiger partial charge in [0, 0.05) is 5.75 Å². The molecule has 5 nitrogen and oxygen atoms in total. The van der Waals surface area contributed by atoms with Crippen LogP contribution in [-0.2, 0) is 20.7 Å². The Bertz CT molecular complexity index is 617. The molecule has 27 heavy (non-hydrogen) atoms. The summed E-state index contributed by atoms with van der Waals surface area (Å²) in [5, 5.41) is 0.0273. The second kappa shape index (κ2) is 10.6. The monoisotopic (exact) mass is 393 g/mol. The van der Waals surface area contributed by atoms with Crippen molar-refractivity contribution in [1.29, 1.82) is 0 Å². The van der Waals surface area contributed by atoms with Crippen molar-refractivity contribution in [2.75, 3.05) is 19.5 Å². The number of hydrogen-bond donors (Lipinski definition) is 0. The van der Waals surface area contributed by atoms with E-state index in [4.69, 9.17) is 9.47 Å². The van der Waals surface area contributed by atoms with Crippen LogP contribution in [0.3, 0.4) is 0 Å². The minimum absolute atomic E-state index is 0.0201. The lowest BCUT2D eigenvalue weighted by molar-refractivity contribution is -0.154. The maximum atomic E-state index is 13.1. The van der Waals surface area contributed by atoms with Crippen LogP contribution < -0.4 is 4.74 Å². The molecule has 1 fully saturated rings. The quantitative estimate of drug-likeness (QED) is 0.470. The number of thioether (sulfide) groups is 1. The number of benzene rings is 1. The first kappa shape index (κ1) is 21.6. The normalized spacial score (nSPS) is 19.4. The average Bonchev–Trinajstić information content (AvgIpc) is 3.05. The van der Waals surface area contributed by atoms with Crippen molar-refractivity contribution in [2.45, 2.75) is 57.9 Å². The van der Waals surface area contributed by atoms with Gasteiger partial charge in [-0.15, -0.1) is 11.8 Å². The molecule has 0 saturated carbocycles. The standard InChI is InChI=1S/C21H31NO4S/c1-5-6-11-26-21(24)18-14-27-20(12-15(2)3)22(18)19(23)13-16-7-9-17(25-4)10-8-16/h7-10,15,18,20H,5-6,11-14H2,1-4H3/t18-,20+/m1/s1. The Hall–Kier alpha value is -1.69. The van der Waals surface area contributed by atoms with Gasteiger partial charge >= 0.3 is 5.97 Å². The molecule has 1 amide bonds. The van der Waals surface area contributed by atoms with Crippen molar-refractivity contribution < 1.29 is 19.1 Å². The molecule has 0 aliphatic carbocycles. The summed E-state index contributed by atoms with van der Waals surface area (Å²) in [5.74, 6) is 1.53. The van der Waals surface area contributed by atoms with Crippen molar-refractivity contribution in [3.63, 3.8) is 0 Å². The molecule has 1 saturated heterocycles. The molecule has 0 aromatic heterocycles. The summed E-state index contributed by atoms with van der Waals surface area (Å²) in [5.41, 5.74) is 0.916. The van der Waals surface area contributed by atoms with E-state index in [0.29, 0.717) is 18.3 Å². The number of carbonyl (C=O) groups is 2. The number of rotatable bonds is 9. The molecule has 150 valence electrons. The van der Waals surface area contributed by atoms with E-state index in [2.05, 4.69) is 20.8 Å². The van der Waals surface area contributed by atoms with Crippen LogP contribution in [0.5, 0.6) is 5.75 Å². The second-order valence-electron chi connectivity index (χ2n) is 7.28. The van der Waals surface area contributed by atoms with Gasteiger partial charge in [0.15, 0.2) is 0 Å². The topological polar surface area (TPSA) is 55.8 Å². The van der Waals surface area contributed by atoms with Gasteiger partial charge in [0.05, 0.1) is 25.5 Å². The minimum atomic E-state index is -0.485. The summed E-state index contributed by atoms with van der Waals surface area (Å²) in [7, 11) is 1.62. The molecule has 1 aliphatic rings. The van der Waals surface area contributed by atoms with E-state index in [-0.39, 0.29) is 23.7 Å². The highest BCUT2D eigenvalue weighted by Gasteiger charge is 2.42. The van der Waals surface area contributed by atoms with Crippen LogP contribution in [0.2, 0.25) is 0 Å². The number of esters is 1. The maximum absolute atomic E-state index is 13.1. The maximum Gasteiger partial charge on any atom is 0.329 e. The molecule has 0 spiro atoms. The molecule has 1 aromatic carbocycles. The molecular weight excluding hydrogens is 362 g/mol. The van der Waals surface area contributed by atoms with Crippen LogP contribution in [0.15, 0.2) is 24.3 Å². The third-order valence-electron chi connectivity index (χ3n) is 4.58. The summed E-state index contributed by atoms with van der Waals surface area (Å²) in [6.07, 6.45) is 2.97. The first-order valence-corrected chi connectivity index (χ1v) is 10.7. The highest BCUT2D eigenvalue weighted by Crippen LogP contribution is 2.34. The molecule has 6 heteroatoms. The van der Waals surface area contributed by atoms with Crippen LogP contribution in [-0.4, -0.2) is 47.7 Å². The molecule has 1 heterocycles. The average molecular weight is 394 g/mol. The van der Waals surface area contributed by atoms with Crippen molar-refractivity contribution in [3.05, 3.63) is 29.8 Å². The smallest absolute Gasteiger partial charge is 0.329 e. The number of methoxy groups -OCH3 is 1. The number of carbonyl (C=O) groups excluding carboxylic acids is 2. The number of ether oxygens (including phenoxy) is 2. The van der Waals surface area contributed by atoms with Crippen LogP contribution in [0.25, 0.3) is 0 Å². The zero-order valence-corrected chi connectivity index (χ0v) is 17.6. The predicted molar refractivity (Wildman–Crippen MR) is 109 cm³/mol. The Kier molecular flexibility index (Phi) is 8.48. The Balaban J connectivity index is 2.10. The minimum Gasteiger partial charge on any atom is -0.497 e. The summed E-state index contributed by atoms with van der Waals surface area (Å²) < 4.78 is 10.6. The van der Waals surface area contributed by atoms with Crippen LogP contribution in [0.1, 0.15) is 45.6 Å². The van der Waals surface area contributed by atoms with Crippen LogP contribution >= 0.6 is 11.8 Å². The van der Waals surface area contributed by atoms with Gasteiger partial charge in [-0.05, 0) is 36.5 Å². The first-order valence-electron chi connectivity index (χ1n) is 9.68. The Morgan fingerprint density at radius 2 is 1.96 bits per heavy atom. The lowest BCUT2D eigenvalue weighted by Gasteiger charge is -2.29. The predicted octanol–water partition coefficient (Wildman–Crippen LogP) is 3.90. The summed E-state index contributed by atoms with van der Waals surface area (Å²) in [6, 6.07) is 7.01. The lowest BCUT2D eigenvalue weighted by Crippen LogP contribution is -2.47. The fraction of sp³-hybridized carbons (Fsp3) is 0.619. The highest BCUT2D eigenvalue weighted by atomic mass is 32.2. The first-order chi connectivity index (χ1) is 13.0. The van der Waals surface area contributed by atoms with E-state index in [1.54, 1.807) is 23.8 Å². The summed E-state index contributed by atoms with van der Waals surface area (Å²) in [4.78, 5) is 27.4. The fourth-order valence-electron chi connectivity index (χ4n) is 3.09. The van der Waals surface area contributed by atoms with Crippen molar-refractivity contribution in [2.24, 2.45) is 5.92 Å². The van der Waals surface area contributed by atoms with Gasteiger partial charge in [-0.3, -0.25) is 4.79 Å². The molecular formula is C21H31NO4S. The van der Waals surface area contributed by atoms with Gasteiger partial charge < -0.3 is 14.4 Å². The molecule has 1 aliphatic heterocycles. The van der Waals surface area contributed by atoms with Crippen molar-refractivity contribution in [1.82, 2.24) is 4.90 Å². The van der Waals surface area contributed by atoms with E-state index < -0.39 is 6.04 Å². The number of unbranched alkanes of at least 4 members (excludes halogenated alkanes) is 1. The third kappa shape index (κ3) is 6.16. The molecule has 1 aromatic rings. The molecule has 0 unspecified atom stereocenters. The highest BCUT2D eigenvalue weighted by molar-refractivity contribution is 8.00. The molecule has 0 bridgehead atoms. The van der Waals surface area contributed by atoms with Crippen molar-refractivity contribution >= 4 is 23.6 Å². The van der Waals surface area contributed by atoms with E-state index >= 15 is 0 Å². The molecule has 0 radical (unpaired) electrons. The van der Waals surface area contributed by atoms with Gasteiger partial charge in [-0.1, -0.05) is 39.3 Å². The largest absolute Gasteiger partial charge is 0.497 e. The second-order valence-corrected chi connectivity index (χ2v) is 8.49. The van der Waals surface area contributed by atoms with Gasteiger partial charge in [0.25, 0.3) is 0 Å². The van der Waals surface area contributed by atoms with Gasteiger partial charge in [0.1, 0.15) is 11.8 Å². The number of hydrogen-bond acceptors (Lipinski definition) is 5. The van der Waals surface area contributed by atoms with E-state index in [1.807, 2.05) is 24.3 Å². The van der Waals surface area contributed by atoms with Gasteiger partial charge in [-0.25, -0.2) is 4.79 Å². The third-order valence-corrected chi connectivity index (χ3v) is 5.89. The molecule has 2 atom stereocenters. The van der Waals surface area contributed by atoms with E-state index in [1.165, 1.54) is 0 Å². The SMILES string of the molecule is CCCCOC(=O)[C@H]1CS[C@@H](CC(C)C)N1C(=O)Cc1ccc(OC)cc1. The summed E-state index contributed by atoms with van der Waals surface area (Å²) >= 11 is 1.68. The molecule has 0 N–H and O–H groups in total. The Morgan fingerprint density at radius 1 is 1.26 bits per heavy atom. The number of nitrogens with zero attached hydrogens (tertiary/aromatic N) is 1. The Morgan fingerprint density at radius 3 is 2.56 bits per heavy atom.